The molecule has 6 heteroatoms. The van der Waals surface area contributed by atoms with Crippen molar-refractivity contribution in [3.8, 4) is 5.75 Å². The van der Waals surface area contributed by atoms with Gasteiger partial charge in [0.25, 0.3) is 0 Å². The van der Waals surface area contributed by atoms with E-state index in [0.29, 0.717) is 6.54 Å². The summed E-state index contributed by atoms with van der Waals surface area (Å²) >= 11 is 3.47. The lowest BCUT2D eigenvalue weighted by atomic mass is 9.92. The Bertz CT molecular complexity index is 1250. The van der Waals surface area contributed by atoms with Crippen LogP contribution < -0.4 is 10.1 Å². The first-order chi connectivity index (χ1) is 15.1. The molecule has 1 aliphatic heterocycles. The quantitative estimate of drug-likeness (QED) is 0.375. The normalized spacial score (nSPS) is 15.5. The molecule has 5 nitrogen and oxygen atoms in total. The molecule has 31 heavy (non-hydrogen) atoms. The predicted molar refractivity (Wildman–Crippen MR) is 127 cm³/mol. The van der Waals surface area contributed by atoms with Crippen LogP contribution in [0.15, 0.2) is 77.3 Å². The number of H-pyrrole nitrogens is 1. The molecular formula is C25H22BrN3O2. The van der Waals surface area contributed by atoms with Gasteiger partial charge in [-0.3, -0.25) is 0 Å². The topological polar surface area (TPSA) is 57.4 Å². The minimum Gasteiger partial charge on any atom is -0.497 e. The van der Waals surface area contributed by atoms with Crippen LogP contribution in [-0.2, 0) is 6.42 Å². The average molecular weight is 476 g/mol. The number of ether oxygens (including phenoxy) is 1. The lowest BCUT2D eigenvalue weighted by molar-refractivity contribution is 0.193. The third-order valence-electron chi connectivity index (χ3n) is 5.80. The van der Waals surface area contributed by atoms with Crippen molar-refractivity contribution in [2.24, 2.45) is 0 Å². The van der Waals surface area contributed by atoms with E-state index in [0.717, 1.165) is 39.1 Å². The van der Waals surface area contributed by atoms with Crippen molar-refractivity contribution in [3.63, 3.8) is 0 Å². The second-order valence-electron chi connectivity index (χ2n) is 7.62. The molecule has 2 N–H and O–H groups in total. The number of aromatic nitrogens is 1. The fourth-order valence-electron chi connectivity index (χ4n) is 4.35. The summed E-state index contributed by atoms with van der Waals surface area (Å²) in [5, 5.41) is 4.28. The highest BCUT2D eigenvalue weighted by molar-refractivity contribution is 9.10. The van der Waals surface area contributed by atoms with Gasteiger partial charge in [-0.2, -0.15) is 0 Å². The van der Waals surface area contributed by atoms with Crippen LogP contribution in [0, 0.1) is 0 Å². The Labute approximate surface area is 189 Å². The van der Waals surface area contributed by atoms with E-state index in [1.807, 2.05) is 59.5 Å². The number of aromatic amines is 1. The molecule has 0 fully saturated rings. The van der Waals surface area contributed by atoms with Gasteiger partial charge in [0.2, 0.25) is 0 Å². The van der Waals surface area contributed by atoms with Crippen LogP contribution in [0.4, 0.5) is 10.5 Å². The van der Waals surface area contributed by atoms with E-state index in [4.69, 9.17) is 4.74 Å². The molecular weight excluding hydrogens is 454 g/mol. The largest absolute Gasteiger partial charge is 0.497 e. The SMILES string of the molecule is COc1ccc([C@H]2c3[nH]c4ccccc4c3CCN2C(=O)Nc2cccc(Br)c2)cc1. The second-order valence-corrected chi connectivity index (χ2v) is 8.54. The fourth-order valence-corrected chi connectivity index (χ4v) is 4.75. The van der Waals surface area contributed by atoms with E-state index in [-0.39, 0.29) is 12.1 Å². The van der Waals surface area contributed by atoms with E-state index in [1.54, 1.807) is 7.11 Å². The van der Waals surface area contributed by atoms with Crippen LogP contribution in [0.1, 0.15) is 22.9 Å². The Morgan fingerprint density at radius 2 is 1.90 bits per heavy atom. The van der Waals surface area contributed by atoms with E-state index in [1.165, 1.54) is 10.9 Å². The van der Waals surface area contributed by atoms with Crippen molar-refractivity contribution in [3.05, 3.63) is 94.1 Å². The van der Waals surface area contributed by atoms with Gasteiger partial charge in [0.1, 0.15) is 5.75 Å². The summed E-state index contributed by atoms with van der Waals surface area (Å²) in [5.41, 5.74) is 5.25. The summed E-state index contributed by atoms with van der Waals surface area (Å²) in [4.78, 5) is 18.9. The maximum absolute atomic E-state index is 13.4. The molecule has 4 aromatic rings. The lowest BCUT2D eigenvalue weighted by Gasteiger charge is -2.36. The standard InChI is InChI=1S/C25H22BrN3O2/c1-31-19-11-9-16(10-12-19)24-23-21(20-7-2-3-8-22(20)28-23)13-14-29(24)25(30)27-18-6-4-5-17(26)15-18/h2-12,15,24,28H,13-14H2,1H3,(H,27,30)/t24-/m0/s1. The molecule has 0 unspecified atom stereocenters. The van der Waals surface area contributed by atoms with E-state index < -0.39 is 0 Å². The first kappa shape index (κ1) is 19.7. The summed E-state index contributed by atoms with van der Waals surface area (Å²) in [7, 11) is 1.66. The molecule has 0 saturated heterocycles. The maximum atomic E-state index is 13.4. The number of amides is 2. The molecule has 1 aliphatic rings. The Hall–Kier alpha value is -3.25. The van der Waals surface area contributed by atoms with Gasteiger partial charge in [-0.1, -0.05) is 52.3 Å². The van der Waals surface area contributed by atoms with Gasteiger partial charge in [0.15, 0.2) is 0 Å². The first-order valence-electron chi connectivity index (χ1n) is 10.2. The van der Waals surface area contributed by atoms with Crippen LogP contribution in [0.2, 0.25) is 0 Å². The molecule has 156 valence electrons. The number of hydrogen-bond donors (Lipinski definition) is 2. The molecule has 0 spiro atoms. The number of nitrogens with one attached hydrogen (secondary N) is 2. The van der Waals surface area contributed by atoms with E-state index in [2.05, 4.69) is 44.4 Å². The number of anilines is 1. The summed E-state index contributed by atoms with van der Waals surface area (Å²) in [6.45, 7) is 0.630. The Kier molecular flexibility index (Phi) is 5.16. The zero-order valence-electron chi connectivity index (χ0n) is 17.1. The van der Waals surface area contributed by atoms with Gasteiger partial charge in [-0.05, 0) is 53.9 Å². The fraction of sp³-hybridized carbons (Fsp3) is 0.160. The summed E-state index contributed by atoms with van der Waals surface area (Å²) in [6, 6.07) is 23.6. The highest BCUT2D eigenvalue weighted by Crippen LogP contribution is 2.39. The maximum Gasteiger partial charge on any atom is 0.322 e. The number of para-hydroxylation sites is 1. The van der Waals surface area contributed by atoms with Crippen LogP contribution in [0.3, 0.4) is 0 Å². The van der Waals surface area contributed by atoms with Gasteiger partial charge in [-0.15, -0.1) is 0 Å². The molecule has 2 heterocycles. The first-order valence-corrected chi connectivity index (χ1v) is 11.0. The number of halogens is 1. The number of carbonyl (C=O) groups is 1. The van der Waals surface area contributed by atoms with Crippen molar-refractivity contribution in [2.75, 3.05) is 19.0 Å². The molecule has 5 rings (SSSR count). The van der Waals surface area contributed by atoms with Crippen LogP contribution in [0.5, 0.6) is 5.75 Å². The number of fused-ring (bicyclic) bond motifs is 3. The highest BCUT2D eigenvalue weighted by atomic mass is 79.9. The summed E-state index contributed by atoms with van der Waals surface area (Å²) in [6.07, 6.45) is 0.803. The second kappa shape index (κ2) is 8.12. The number of rotatable bonds is 3. The number of benzene rings is 3. The Morgan fingerprint density at radius 1 is 1.10 bits per heavy atom. The molecule has 0 aliphatic carbocycles. The monoisotopic (exact) mass is 475 g/mol. The van der Waals surface area contributed by atoms with Gasteiger partial charge in [0.05, 0.1) is 13.2 Å². The summed E-state index contributed by atoms with van der Waals surface area (Å²) < 4.78 is 6.26. The summed E-state index contributed by atoms with van der Waals surface area (Å²) in [5.74, 6) is 0.793. The van der Waals surface area contributed by atoms with Gasteiger partial charge in [0, 0.05) is 33.3 Å². The molecule has 3 aromatic carbocycles. The van der Waals surface area contributed by atoms with Crippen LogP contribution in [-0.4, -0.2) is 29.6 Å². The van der Waals surface area contributed by atoms with E-state index in [9.17, 15) is 4.79 Å². The Balaban J connectivity index is 1.57. The third-order valence-corrected chi connectivity index (χ3v) is 6.30. The molecule has 0 bridgehead atoms. The molecule has 1 atom stereocenters. The number of urea groups is 1. The van der Waals surface area contributed by atoms with Crippen molar-refractivity contribution in [1.82, 2.24) is 9.88 Å². The zero-order chi connectivity index (χ0) is 21.4. The van der Waals surface area contributed by atoms with Crippen molar-refractivity contribution < 1.29 is 9.53 Å². The molecule has 0 radical (unpaired) electrons. The van der Waals surface area contributed by atoms with E-state index >= 15 is 0 Å². The minimum atomic E-state index is -0.214. The van der Waals surface area contributed by atoms with Gasteiger partial charge < -0.3 is 19.9 Å². The minimum absolute atomic E-state index is 0.122. The number of carbonyl (C=O) groups excluding carboxylic acids is 1. The third kappa shape index (κ3) is 3.68. The average Bonchev–Trinajstić information content (AvgIpc) is 3.17. The number of nitrogens with zero attached hydrogens (tertiary/aromatic N) is 1. The van der Waals surface area contributed by atoms with Gasteiger partial charge in [-0.25, -0.2) is 4.79 Å². The lowest BCUT2D eigenvalue weighted by Crippen LogP contribution is -2.43. The van der Waals surface area contributed by atoms with Crippen molar-refractivity contribution in [2.45, 2.75) is 12.5 Å². The predicted octanol–water partition coefficient (Wildman–Crippen LogP) is 6.12. The smallest absolute Gasteiger partial charge is 0.322 e. The highest BCUT2D eigenvalue weighted by Gasteiger charge is 2.34. The van der Waals surface area contributed by atoms with Gasteiger partial charge >= 0.3 is 6.03 Å². The van der Waals surface area contributed by atoms with Crippen LogP contribution in [0.25, 0.3) is 10.9 Å². The van der Waals surface area contributed by atoms with Crippen molar-refractivity contribution in [1.29, 1.82) is 0 Å². The zero-order valence-corrected chi connectivity index (χ0v) is 18.6. The Morgan fingerprint density at radius 3 is 2.68 bits per heavy atom. The molecule has 2 amide bonds. The number of methoxy groups -OCH3 is 1. The molecule has 0 saturated carbocycles. The van der Waals surface area contributed by atoms with Crippen LogP contribution >= 0.6 is 15.9 Å². The molecule has 1 aromatic heterocycles. The van der Waals surface area contributed by atoms with Crippen molar-refractivity contribution >= 4 is 38.6 Å². The number of hydrogen-bond acceptors (Lipinski definition) is 2.